The first-order valence-electron chi connectivity index (χ1n) is 11.1. The monoisotopic (exact) mass is 630 g/mol. The number of nitrogens with one attached hydrogen (secondary N) is 2. The minimum atomic E-state index is -3.62. The third-order valence-corrected chi connectivity index (χ3v) is 8.69. The molecule has 0 saturated heterocycles. The Morgan fingerprint density at radius 1 is 0.974 bits per heavy atom. The van der Waals surface area contributed by atoms with Crippen LogP contribution in [0.4, 0.5) is 4.39 Å². The first-order chi connectivity index (χ1) is 17.3. The van der Waals surface area contributed by atoms with Gasteiger partial charge in [0.05, 0.1) is 28.0 Å². The van der Waals surface area contributed by atoms with E-state index in [2.05, 4.69) is 24.9 Å². The summed E-state index contributed by atoms with van der Waals surface area (Å²) in [4.78, 5) is 11.5. The SMILES string of the molecule is CN(C)CCNS(=O)(=O)c1ccc(-c2ncnc3ccc(-c4cn[nH]c4-c4ccc(F)cc4)cc23)s1.Cl.Cl.Cl. The number of thiophene rings is 1. The van der Waals surface area contributed by atoms with Crippen molar-refractivity contribution in [3.05, 3.63) is 72.9 Å². The first kappa shape index (κ1) is 32.6. The standard InChI is InChI=1S/C25H23FN6O2S2.3ClH/c1-32(2)12-11-30-36(33,34)23-10-9-22(35-23)25-19-13-17(5-8-21(19)27-15-28-25)20-14-29-31-24(20)16-3-6-18(26)7-4-16;;;/h3-10,13-15,30H,11-12H2,1-2H3,(H,29,31);3*1H. The van der Waals surface area contributed by atoms with Crippen LogP contribution in [0.2, 0.25) is 0 Å². The molecule has 5 rings (SSSR count). The van der Waals surface area contributed by atoms with Gasteiger partial charge in [-0.15, -0.1) is 48.6 Å². The van der Waals surface area contributed by atoms with E-state index in [-0.39, 0.29) is 47.2 Å². The fourth-order valence-electron chi connectivity index (χ4n) is 3.83. The van der Waals surface area contributed by atoms with Crippen molar-refractivity contribution in [2.75, 3.05) is 27.2 Å². The molecular formula is C25H26Cl3FN6O2S2. The lowest BCUT2D eigenvalue weighted by Gasteiger charge is -2.10. The summed E-state index contributed by atoms with van der Waals surface area (Å²) in [5, 5.41) is 7.98. The molecule has 0 aliphatic rings. The van der Waals surface area contributed by atoms with Gasteiger partial charge in [0.2, 0.25) is 10.0 Å². The smallest absolute Gasteiger partial charge is 0.250 e. The summed E-state index contributed by atoms with van der Waals surface area (Å²) in [7, 11) is 0.154. The third-order valence-electron chi connectivity index (χ3n) is 5.65. The fourth-order valence-corrected chi connectivity index (χ4v) is 6.21. The van der Waals surface area contributed by atoms with E-state index in [0.29, 0.717) is 18.8 Å². The molecule has 0 aliphatic carbocycles. The van der Waals surface area contributed by atoms with E-state index in [1.54, 1.807) is 30.5 Å². The molecule has 208 valence electrons. The predicted octanol–water partition coefficient (Wildman–Crippen LogP) is 5.66. The minimum Gasteiger partial charge on any atom is -0.308 e. The first-order valence-corrected chi connectivity index (χ1v) is 13.4. The van der Waals surface area contributed by atoms with E-state index >= 15 is 0 Å². The van der Waals surface area contributed by atoms with Crippen molar-refractivity contribution in [3.63, 3.8) is 0 Å². The van der Waals surface area contributed by atoms with Crippen LogP contribution in [0.5, 0.6) is 0 Å². The highest BCUT2D eigenvalue weighted by Gasteiger charge is 2.19. The molecular weight excluding hydrogens is 606 g/mol. The van der Waals surface area contributed by atoms with Gasteiger partial charge < -0.3 is 4.90 Å². The van der Waals surface area contributed by atoms with Crippen molar-refractivity contribution in [1.82, 2.24) is 29.8 Å². The Balaban J connectivity index is 0.00000178. The number of halogens is 4. The van der Waals surface area contributed by atoms with E-state index in [1.807, 2.05) is 37.2 Å². The van der Waals surface area contributed by atoms with E-state index in [0.717, 1.165) is 49.5 Å². The maximum atomic E-state index is 13.4. The van der Waals surface area contributed by atoms with Gasteiger partial charge >= 0.3 is 0 Å². The molecule has 39 heavy (non-hydrogen) atoms. The number of fused-ring (bicyclic) bond motifs is 1. The zero-order valence-corrected chi connectivity index (χ0v) is 24.9. The van der Waals surface area contributed by atoms with E-state index in [4.69, 9.17) is 0 Å². The Hall–Kier alpha value is -2.64. The zero-order chi connectivity index (χ0) is 25.3. The molecule has 0 bridgehead atoms. The van der Waals surface area contributed by atoms with Gasteiger partial charge in [-0.1, -0.05) is 6.07 Å². The van der Waals surface area contributed by atoms with Crippen LogP contribution in [0.3, 0.4) is 0 Å². The lowest BCUT2D eigenvalue weighted by molar-refractivity contribution is 0.412. The topological polar surface area (TPSA) is 104 Å². The molecule has 2 N–H and O–H groups in total. The molecule has 0 unspecified atom stereocenters. The van der Waals surface area contributed by atoms with Gasteiger partial charge in [0.15, 0.2) is 0 Å². The van der Waals surface area contributed by atoms with Gasteiger partial charge in [-0.2, -0.15) is 5.10 Å². The number of hydrogen-bond acceptors (Lipinski definition) is 7. The van der Waals surface area contributed by atoms with Gasteiger partial charge in [0.1, 0.15) is 16.4 Å². The number of benzene rings is 2. The maximum Gasteiger partial charge on any atom is 0.250 e. The van der Waals surface area contributed by atoms with Gasteiger partial charge in [-0.3, -0.25) is 5.10 Å². The summed E-state index contributed by atoms with van der Waals surface area (Å²) in [6.07, 6.45) is 3.20. The Morgan fingerprint density at radius 3 is 2.41 bits per heavy atom. The van der Waals surface area contributed by atoms with Crippen molar-refractivity contribution in [2.24, 2.45) is 0 Å². The molecule has 0 aliphatic heterocycles. The largest absolute Gasteiger partial charge is 0.308 e. The molecule has 8 nitrogen and oxygen atoms in total. The Labute approximate surface area is 248 Å². The van der Waals surface area contributed by atoms with Gasteiger partial charge in [0, 0.05) is 29.6 Å². The van der Waals surface area contributed by atoms with Crippen LogP contribution in [0.15, 0.2) is 71.3 Å². The average Bonchev–Trinajstić information content (AvgIpc) is 3.54. The second kappa shape index (κ2) is 13.6. The molecule has 0 amide bonds. The van der Waals surface area contributed by atoms with Crippen LogP contribution in [0, 0.1) is 5.82 Å². The Bertz CT molecular complexity index is 1640. The molecule has 5 aromatic rings. The van der Waals surface area contributed by atoms with Crippen LogP contribution in [0.25, 0.3) is 43.9 Å². The van der Waals surface area contributed by atoms with Crippen LogP contribution in [0.1, 0.15) is 0 Å². The van der Waals surface area contributed by atoms with E-state index in [9.17, 15) is 12.8 Å². The van der Waals surface area contributed by atoms with Crippen LogP contribution in [-0.2, 0) is 10.0 Å². The molecule has 3 aromatic heterocycles. The van der Waals surface area contributed by atoms with Crippen LogP contribution < -0.4 is 4.72 Å². The summed E-state index contributed by atoms with van der Waals surface area (Å²) in [6.45, 7) is 0.925. The lowest BCUT2D eigenvalue weighted by Crippen LogP contribution is -2.30. The molecule has 3 heterocycles. The Morgan fingerprint density at radius 2 is 1.69 bits per heavy atom. The minimum absolute atomic E-state index is 0. The highest BCUT2D eigenvalue weighted by Crippen LogP contribution is 2.36. The second-order valence-electron chi connectivity index (χ2n) is 8.44. The molecule has 0 spiro atoms. The quantitative estimate of drug-likeness (QED) is 0.229. The summed E-state index contributed by atoms with van der Waals surface area (Å²) < 4.78 is 41.8. The molecule has 2 aromatic carbocycles. The molecule has 0 atom stereocenters. The number of sulfonamides is 1. The Kier molecular flexibility index (Phi) is 11.4. The summed E-state index contributed by atoms with van der Waals surface area (Å²) in [5.74, 6) is -0.308. The third kappa shape index (κ3) is 7.12. The maximum absolute atomic E-state index is 13.4. The molecule has 0 radical (unpaired) electrons. The predicted molar refractivity (Wildman–Crippen MR) is 161 cm³/mol. The summed E-state index contributed by atoms with van der Waals surface area (Å²) >= 11 is 1.16. The lowest BCUT2D eigenvalue weighted by atomic mass is 9.99. The number of likely N-dealkylation sites (N-methyl/N-ethyl adjacent to an activating group) is 1. The van der Waals surface area contributed by atoms with Gasteiger partial charge in [-0.25, -0.2) is 27.5 Å². The van der Waals surface area contributed by atoms with E-state index in [1.165, 1.54) is 18.5 Å². The van der Waals surface area contributed by atoms with Crippen molar-refractivity contribution in [1.29, 1.82) is 0 Å². The fraction of sp³-hybridized carbons (Fsp3) is 0.160. The van der Waals surface area contributed by atoms with Crippen molar-refractivity contribution < 1.29 is 12.8 Å². The van der Waals surface area contributed by atoms with Crippen molar-refractivity contribution in [2.45, 2.75) is 4.21 Å². The van der Waals surface area contributed by atoms with Crippen LogP contribution in [-0.4, -0.2) is 60.7 Å². The second-order valence-corrected chi connectivity index (χ2v) is 11.5. The number of hydrogen-bond donors (Lipinski definition) is 2. The van der Waals surface area contributed by atoms with Gasteiger partial charge in [-0.05, 0) is 68.2 Å². The number of H-pyrrole nitrogens is 1. The van der Waals surface area contributed by atoms with Crippen molar-refractivity contribution in [3.8, 4) is 33.0 Å². The highest BCUT2D eigenvalue weighted by atomic mass is 35.5. The number of aromatic amines is 1. The van der Waals surface area contributed by atoms with Gasteiger partial charge in [0.25, 0.3) is 0 Å². The number of nitrogens with zero attached hydrogens (tertiary/aromatic N) is 4. The summed E-state index contributed by atoms with van der Waals surface area (Å²) in [5.41, 5.74) is 4.68. The van der Waals surface area contributed by atoms with Crippen LogP contribution >= 0.6 is 48.6 Å². The number of aromatic nitrogens is 4. The zero-order valence-electron chi connectivity index (χ0n) is 20.8. The molecule has 0 saturated carbocycles. The normalized spacial score (nSPS) is 11.1. The molecule has 0 fully saturated rings. The highest BCUT2D eigenvalue weighted by molar-refractivity contribution is 7.91. The van der Waals surface area contributed by atoms with E-state index < -0.39 is 10.0 Å². The summed E-state index contributed by atoms with van der Waals surface area (Å²) in [6, 6.07) is 15.4. The average molecular weight is 632 g/mol. The molecule has 14 heteroatoms. The van der Waals surface area contributed by atoms with Crippen molar-refractivity contribution >= 4 is 69.5 Å². The number of rotatable bonds is 8.